The van der Waals surface area contributed by atoms with Crippen molar-refractivity contribution in [3.05, 3.63) is 12.3 Å². The number of rotatable bonds is 1. The first kappa shape index (κ1) is 3.53. The van der Waals surface area contributed by atoms with E-state index in [0.717, 1.165) is 0 Å². The van der Waals surface area contributed by atoms with Gasteiger partial charge in [0.05, 0.1) is 5.71 Å². The molecule has 0 aliphatic carbocycles. The Morgan fingerprint density at radius 1 is 1.83 bits per heavy atom. The van der Waals surface area contributed by atoms with Gasteiger partial charge in [-0.25, -0.2) is 4.39 Å². The summed E-state index contributed by atoms with van der Waals surface area (Å²) in [5.74, 6) is 0. The van der Waals surface area contributed by atoms with E-state index < -0.39 is 6.67 Å². The van der Waals surface area contributed by atoms with Gasteiger partial charge in [0.15, 0.2) is 0 Å². The van der Waals surface area contributed by atoms with E-state index in [9.17, 15) is 4.39 Å². The summed E-state index contributed by atoms with van der Waals surface area (Å²) in [6.45, 7) is -0.420. The lowest BCUT2D eigenvalue weighted by Gasteiger charge is -1.95. The van der Waals surface area contributed by atoms with Gasteiger partial charge in [0.2, 0.25) is 0 Å². The Morgan fingerprint density at radius 3 is 2.50 bits per heavy atom. The van der Waals surface area contributed by atoms with Crippen LogP contribution in [0.25, 0.3) is 0 Å². The number of halogens is 1. The fourth-order valence-electron chi connectivity index (χ4n) is 0.259. The fourth-order valence-corrected chi connectivity index (χ4v) is 0.259. The third-order valence-electron chi connectivity index (χ3n) is 0.644. The van der Waals surface area contributed by atoms with Crippen LogP contribution in [0.15, 0.2) is 17.3 Å². The number of hydrogen-bond donors (Lipinski definition) is 0. The van der Waals surface area contributed by atoms with E-state index in [0.29, 0.717) is 5.71 Å². The first-order valence-electron chi connectivity index (χ1n) is 1.72. The highest BCUT2D eigenvalue weighted by atomic mass is 19.1. The smallest absolute Gasteiger partial charge is 0.131 e. The number of aliphatic imine (C=N–C) groups is 1. The van der Waals surface area contributed by atoms with Gasteiger partial charge in [-0.1, -0.05) is 0 Å². The van der Waals surface area contributed by atoms with Crippen molar-refractivity contribution in [1.82, 2.24) is 0 Å². The van der Waals surface area contributed by atoms with E-state index in [-0.39, 0.29) is 0 Å². The summed E-state index contributed by atoms with van der Waals surface area (Å²) in [5.41, 5.74) is 0.551. The largest absolute Gasteiger partial charge is 0.258 e. The average molecular weight is 85.1 g/mol. The molecule has 0 N–H and O–H groups in total. The minimum absolute atomic E-state index is 0.420. The van der Waals surface area contributed by atoms with Gasteiger partial charge in [0.1, 0.15) is 6.67 Å². The Bertz CT molecular complexity index is 104. The van der Waals surface area contributed by atoms with Crippen LogP contribution < -0.4 is 0 Å². The third-order valence-corrected chi connectivity index (χ3v) is 0.644. The molecule has 1 nitrogen and oxygen atoms in total. The quantitative estimate of drug-likeness (QED) is 0.449. The Balaban J connectivity index is 2.37. The summed E-state index contributed by atoms with van der Waals surface area (Å²) in [5, 5.41) is 0. The normalized spacial score (nSPS) is 16.5. The first-order chi connectivity index (χ1) is 2.93. The Morgan fingerprint density at radius 2 is 2.50 bits per heavy atom. The maximum atomic E-state index is 11.3. The molecule has 1 heterocycles. The fraction of sp³-hybridized carbons (Fsp3) is 0.250. The Labute approximate surface area is 35.2 Å². The van der Waals surface area contributed by atoms with Crippen LogP contribution in [0.5, 0.6) is 0 Å². The number of alkyl halides is 1. The van der Waals surface area contributed by atoms with Gasteiger partial charge < -0.3 is 0 Å². The van der Waals surface area contributed by atoms with Crippen LogP contribution in [-0.4, -0.2) is 12.4 Å². The van der Waals surface area contributed by atoms with E-state index in [4.69, 9.17) is 0 Å². The maximum Gasteiger partial charge on any atom is 0.131 e. The summed E-state index contributed by atoms with van der Waals surface area (Å²) in [6.07, 6.45) is 3.23. The molecule has 0 aromatic heterocycles. The van der Waals surface area contributed by atoms with Gasteiger partial charge in [-0.3, -0.25) is 4.99 Å². The zero-order valence-corrected chi connectivity index (χ0v) is 3.19. The summed E-state index contributed by atoms with van der Waals surface area (Å²) in [4.78, 5) is 3.55. The molecule has 0 radical (unpaired) electrons. The number of nitrogens with zero attached hydrogens (tertiary/aromatic N) is 1. The molecular weight excluding hydrogens is 81.0 g/mol. The summed E-state index contributed by atoms with van der Waals surface area (Å²) in [7, 11) is 0. The maximum absolute atomic E-state index is 11.3. The zero-order chi connectivity index (χ0) is 4.41. The van der Waals surface area contributed by atoms with Crippen molar-refractivity contribution in [2.24, 2.45) is 4.99 Å². The van der Waals surface area contributed by atoms with Gasteiger partial charge in [0.25, 0.3) is 0 Å². The molecule has 0 amide bonds. The van der Waals surface area contributed by atoms with Crippen molar-refractivity contribution in [2.75, 3.05) is 6.67 Å². The topological polar surface area (TPSA) is 12.4 Å². The predicted molar refractivity (Wildman–Crippen MR) is 22.5 cm³/mol. The van der Waals surface area contributed by atoms with E-state index in [1.54, 1.807) is 12.3 Å². The van der Waals surface area contributed by atoms with Gasteiger partial charge >= 0.3 is 0 Å². The summed E-state index contributed by atoms with van der Waals surface area (Å²) < 4.78 is 11.3. The molecule has 1 rings (SSSR count). The van der Waals surface area contributed by atoms with Crippen molar-refractivity contribution >= 4 is 5.71 Å². The van der Waals surface area contributed by atoms with Gasteiger partial charge in [-0.15, -0.1) is 0 Å². The highest BCUT2D eigenvalue weighted by Gasteiger charge is 1.94. The van der Waals surface area contributed by atoms with Crippen molar-refractivity contribution in [2.45, 2.75) is 0 Å². The summed E-state index contributed by atoms with van der Waals surface area (Å²) >= 11 is 0. The van der Waals surface area contributed by atoms with E-state index in [1.165, 1.54) is 0 Å². The molecule has 0 saturated heterocycles. The monoisotopic (exact) mass is 85.0 g/mol. The lowest BCUT2D eigenvalue weighted by Crippen LogP contribution is -1.99. The van der Waals surface area contributed by atoms with Crippen LogP contribution in [0.1, 0.15) is 0 Å². The lowest BCUT2D eigenvalue weighted by molar-refractivity contribution is 0.581. The molecule has 6 heavy (non-hydrogen) atoms. The Kier molecular flexibility index (Phi) is 0.708. The molecular formula is C4H4FN. The molecule has 1 aliphatic heterocycles. The second-order valence-electron chi connectivity index (χ2n) is 1.07. The standard InChI is InChI=1S/C4H4FN/c5-3-4-1-2-6-4/h1-2H,3H2. The predicted octanol–water partition coefficient (Wildman–Crippen LogP) is 0.924. The molecule has 0 fully saturated rings. The molecule has 0 aromatic carbocycles. The average Bonchev–Trinajstić information content (AvgIpc) is 1.31. The molecule has 0 saturated carbocycles. The van der Waals surface area contributed by atoms with Crippen LogP contribution in [0.2, 0.25) is 0 Å². The van der Waals surface area contributed by atoms with Crippen LogP contribution in [0.3, 0.4) is 0 Å². The first-order valence-corrected chi connectivity index (χ1v) is 1.72. The molecule has 1 aliphatic rings. The minimum atomic E-state index is -0.420. The van der Waals surface area contributed by atoms with Crippen molar-refractivity contribution < 1.29 is 4.39 Å². The van der Waals surface area contributed by atoms with Crippen molar-refractivity contribution in [1.29, 1.82) is 0 Å². The SMILES string of the molecule is FCC1=NC=C1. The van der Waals surface area contributed by atoms with Crippen LogP contribution in [-0.2, 0) is 0 Å². The second-order valence-corrected chi connectivity index (χ2v) is 1.07. The molecule has 0 spiro atoms. The number of hydrogen-bond acceptors (Lipinski definition) is 1. The van der Waals surface area contributed by atoms with Gasteiger partial charge in [-0.05, 0) is 6.08 Å². The second kappa shape index (κ2) is 1.20. The summed E-state index contributed by atoms with van der Waals surface area (Å²) in [6, 6.07) is 0. The highest BCUT2D eigenvalue weighted by molar-refractivity contribution is 6.00. The van der Waals surface area contributed by atoms with Crippen LogP contribution >= 0.6 is 0 Å². The van der Waals surface area contributed by atoms with Crippen LogP contribution in [0, 0.1) is 0 Å². The molecule has 0 unspecified atom stereocenters. The van der Waals surface area contributed by atoms with Gasteiger partial charge in [-0.2, -0.15) is 0 Å². The highest BCUT2D eigenvalue weighted by Crippen LogP contribution is 1.94. The van der Waals surface area contributed by atoms with E-state index in [2.05, 4.69) is 4.99 Å². The molecule has 0 aromatic rings. The van der Waals surface area contributed by atoms with E-state index in [1.807, 2.05) is 0 Å². The molecule has 0 bridgehead atoms. The van der Waals surface area contributed by atoms with Crippen LogP contribution in [0.4, 0.5) is 4.39 Å². The molecule has 0 atom stereocenters. The Hall–Kier alpha value is -0.660. The van der Waals surface area contributed by atoms with Crippen molar-refractivity contribution in [3.63, 3.8) is 0 Å². The van der Waals surface area contributed by atoms with Crippen molar-refractivity contribution in [3.8, 4) is 0 Å². The number of allylic oxidation sites excluding steroid dienone is 1. The minimum Gasteiger partial charge on any atom is -0.258 e. The van der Waals surface area contributed by atoms with Gasteiger partial charge in [0, 0.05) is 6.20 Å². The molecule has 2 heteroatoms. The zero-order valence-electron chi connectivity index (χ0n) is 3.19. The third kappa shape index (κ3) is 0.339. The lowest BCUT2D eigenvalue weighted by atomic mass is 10.3. The van der Waals surface area contributed by atoms with E-state index >= 15 is 0 Å². The molecule has 32 valence electrons.